The van der Waals surface area contributed by atoms with Gasteiger partial charge in [-0.1, -0.05) is 0 Å². The van der Waals surface area contributed by atoms with Crippen molar-refractivity contribution in [1.82, 2.24) is 19.8 Å². The number of carboxylic acid groups (broad SMARTS) is 1. The lowest BCUT2D eigenvalue weighted by Gasteiger charge is -2.28. The Morgan fingerprint density at radius 3 is 2.97 bits per heavy atom. The molecule has 0 saturated carbocycles. The third-order valence-corrected chi connectivity index (χ3v) is 5.14. The van der Waals surface area contributed by atoms with Crippen molar-refractivity contribution < 1.29 is 24.2 Å². The summed E-state index contributed by atoms with van der Waals surface area (Å²) in [6.45, 7) is 1.72. The molecule has 1 unspecified atom stereocenters. The lowest BCUT2D eigenvalue weighted by Crippen LogP contribution is -2.38. The van der Waals surface area contributed by atoms with E-state index in [2.05, 4.69) is 15.3 Å². The fraction of sp³-hybridized carbons (Fsp3) is 0.400. The van der Waals surface area contributed by atoms with E-state index in [4.69, 9.17) is 14.6 Å². The van der Waals surface area contributed by atoms with Crippen molar-refractivity contribution in [2.75, 3.05) is 13.7 Å². The first-order valence-electron chi connectivity index (χ1n) is 9.73. The Morgan fingerprint density at radius 1 is 1.37 bits per heavy atom. The van der Waals surface area contributed by atoms with Crippen LogP contribution in [0.25, 0.3) is 0 Å². The molecule has 2 aliphatic heterocycles. The predicted octanol–water partition coefficient (Wildman–Crippen LogP) is 1.53. The first-order chi connectivity index (χ1) is 14.6. The van der Waals surface area contributed by atoms with Crippen LogP contribution in [-0.2, 0) is 22.7 Å². The average molecular weight is 413 g/mol. The van der Waals surface area contributed by atoms with Crippen molar-refractivity contribution in [3.63, 3.8) is 0 Å². The topological polar surface area (TPSA) is 118 Å². The summed E-state index contributed by atoms with van der Waals surface area (Å²) in [4.78, 5) is 33.5. The van der Waals surface area contributed by atoms with E-state index in [-0.39, 0.29) is 12.3 Å². The number of aliphatic imine (C=N–C) groups is 1. The summed E-state index contributed by atoms with van der Waals surface area (Å²) in [6, 6.07) is 2.82. The number of rotatable bonds is 9. The number of imidazole rings is 1. The molecule has 0 radical (unpaired) electrons. The standard InChI is InChI=1S/C20H23N5O5/c1-29-18-13-11-25-15(10-17(26)27)19(28)23-20(25)22-14(13)4-5-16(18)30-9-3-2-7-24-8-6-21-12-24/h4-6,8,12,15H,2-3,7,9-11H2,1H3,(H,26,27)(H,22,23,28). The highest BCUT2D eigenvalue weighted by Crippen LogP contribution is 2.41. The number of fused-ring (bicyclic) bond motifs is 2. The van der Waals surface area contributed by atoms with Gasteiger partial charge in [0, 0.05) is 24.5 Å². The normalized spacial score (nSPS) is 17.1. The molecule has 30 heavy (non-hydrogen) atoms. The Balaban J connectivity index is 1.45. The zero-order chi connectivity index (χ0) is 21.1. The maximum Gasteiger partial charge on any atom is 0.305 e. The molecular formula is C20H23N5O5. The Hall–Kier alpha value is -3.56. The first-order valence-corrected chi connectivity index (χ1v) is 9.73. The minimum atomic E-state index is -1.04. The Morgan fingerprint density at radius 2 is 2.23 bits per heavy atom. The van der Waals surface area contributed by atoms with Gasteiger partial charge in [0.15, 0.2) is 11.5 Å². The van der Waals surface area contributed by atoms with Gasteiger partial charge in [-0.05, 0) is 25.0 Å². The molecule has 0 spiro atoms. The third kappa shape index (κ3) is 3.93. The van der Waals surface area contributed by atoms with Gasteiger partial charge in [-0.2, -0.15) is 0 Å². The highest BCUT2D eigenvalue weighted by Gasteiger charge is 2.41. The molecule has 10 nitrogen and oxygen atoms in total. The van der Waals surface area contributed by atoms with Gasteiger partial charge in [-0.3, -0.25) is 14.9 Å². The molecule has 0 aliphatic carbocycles. The molecule has 1 aromatic carbocycles. The highest BCUT2D eigenvalue weighted by atomic mass is 16.5. The van der Waals surface area contributed by atoms with Crippen LogP contribution < -0.4 is 14.8 Å². The van der Waals surface area contributed by atoms with Crippen LogP contribution >= 0.6 is 0 Å². The van der Waals surface area contributed by atoms with Gasteiger partial charge in [0.1, 0.15) is 6.04 Å². The molecule has 2 N–H and O–H groups in total. The van der Waals surface area contributed by atoms with E-state index in [0.29, 0.717) is 36.3 Å². The molecule has 0 bridgehead atoms. The van der Waals surface area contributed by atoms with Gasteiger partial charge < -0.3 is 24.0 Å². The van der Waals surface area contributed by atoms with Gasteiger partial charge in [0.25, 0.3) is 0 Å². The zero-order valence-electron chi connectivity index (χ0n) is 16.6. The minimum absolute atomic E-state index is 0.296. The van der Waals surface area contributed by atoms with Crippen molar-refractivity contribution >= 4 is 23.5 Å². The molecule has 1 fully saturated rings. The SMILES string of the molecule is COc1c(OCCCCn2ccnc2)ccc2c1CN1C(=N2)NC(=O)C1CC(=O)O. The largest absolute Gasteiger partial charge is 0.492 e. The van der Waals surface area contributed by atoms with Crippen LogP contribution in [0.1, 0.15) is 24.8 Å². The van der Waals surface area contributed by atoms with Crippen molar-refractivity contribution in [1.29, 1.82) is 0 Å². The molecule has 4 rings (SSSR count). The van der Waals surface area contributed by atoms with Crippen LogP contribution in [-0.4, -0.2) is 57.2 Å². The van der Waals surface area contributed by atoms with Crippen LogP contribution in [0.3, 0.4) is 0 Å². The van der Waals surface area contributed by atoms with Gasteiger partial charge in [-0.15, -0.1) is 0 Å². The lowest BCUT2D eigenvalue weighted by molar-refractivity contribution is -0.140. The molecule has 1 amide bonds. The molecule has 1 aromatic heterocycles. The van der Waals surface area contributed by atoms with E-state index in [9.17, 15) is 9.59 Å². The van der Waals surface area contributed by atoms with Crippen LogP contribution in [0, 0.1) is 0 Å². The molecule has 1 atom stereocenters. The summed E-state index contributed by atoms with van der Waals surface area (Å²) in [7, 11) is 1.56. The minimum Gasteiger partial charge on any atom is -0.492 e. The Bertz CT molecular complexity index is 972. The van der Waals surface area contributed by atoms with E-state index >= 15 is 0 Å². The highest BCUT2D eigenvalue weighted by molar-refractivity contribution is 6.08. The Kier molecular flexibility index (Phi) is 5.55. The van der Waals surface area contributed by atoms with Crippen molar-refractivity contribution in [3.8, 4) is 11.5 Å². The van der Waals surface area contributed by atoms with E-state index in [1.807, 2.05) is 16.8 Å². The fourth-order valence-electron chi connectivity index (χ4n) is 3.67. The van der Waals surface area contributed by atoms with E-state index < -0.39 is 12.0 Å². The maximum absolute atomic E-state index is 12.2. The monoisotopic (exact) mass is 413 g/mol. The number of methoxy groups -OCH3 is 1. The zero-order valence-corrected chi connectivity index (χ0v) is 16.6. The molecule has 2 aromatic rings. The number of nitrogens with one attached hydrogen (secondary N) is 1. The second-order valence-corrected chi connectivity index (χ2v) is 7.12. The number of guanidine groups is 1. The molecule has 158 valence electrons. The van der Waals surface area contributed by atoms with Crippen LogP contribution in [0.2, 0.25) is 0 Å². The van der Waals surface area contributed by atoms with Gasteiger partial charge in [0.2, 0.25) is 11.9 Å². The fourth-order valence-corrected chi connectivity index (χ4v) is 3.67. The summed E-state index contributed by atoms with van der Waals surface area (Å²) in [5.41, 5.74) is 1.44. The molecular weight excluding hydrogens is 390 g/mol. The quantitative estimate of drug-likeness (QED) is 0.599. The molecule has 3 heterocycles. The average Bonchev–Trinajstić information content (AvgIpc) is 3.34. The number of nitrogens with zero attached hydrogens (tertiary/aromatic N) is 4. The first kappa shape index (κ1) is 19.7. The van der Waals surface area contributed by atoms with E-state index in [1.165, 1.54) is 0 Å². The number of benzene rings is 1. The summed E-state index contributed by atoms with van der Waals surface area (Å²) in [5, 5.41) is 11.8. The predicted molar refractivity (Wildman–Crippen MR) is 107 cm³/mol. The number of carbonyl (C=O) groups is 2. The smallest absolute Gasteiger partial charge is 0.305 e. The van der Waals surface area contributed by atoms with Crippen molar-refractivity contribution in [2.24, 2.45) is 4.99 Å². The van der Waals surface area contributed by atoms with Crippen LogP contribution in [0.15, 0.2) is 35.8 Å². The van der Waals surface area contributed by atoms with Gasteiger partial charge in [0.05, 0.1) is 38.7 Å². The number of ether oxygens (including phenoxy) is 2. The van der Waals surface area contributed by atoms with Crippen LogP contribution in [0.4, 0.5) is 5.69 Å². The van der Waals surface area contributed by atoms with Gasteiger partial charge in [-0.25, -0.2) is 9.98 Å². The summed E-state index contributed by atoms with van der Waals surface area (Å²) in [5.74, 6) is 0.123. The number of amides is 1. The number of carboxylic acids is 1. The summed E-state index contributed by atoms with van der Waals surface area (Å²) in [6.07, 6.45) is 7.00. The van der Waals surface area contributed by atoms with Crippen LogP contribution in [0.5, 0.6) is 11.5 Å². The second kappa shape index (κ2) is 8.44. The Labute approximate surface area is 173 Å². The third-order valence-electron chi connectivity index (χ3n) is 5.14. The van der Waals surface area contributed by atoms with E-state index in [1.54, 1.807) is 30.6 Å². The number of aliphatic carboxylic acids is 1. The summed E-state index contributed by atoms with van der Waals surface area (Å²) >= 11 is 0. The van der Waals surface area contributed by atoms with Gasteiger partial charge >= 0.3 is 5.97 Å². The number of carbonyl (C=O) groups excluding carboxylic acids is 1. The number of hydrogen-bond donors (Lipinski definition) is 2. The van der Waals surface area contributed by atoms with Crippen molar-refractivity contribution in [3.05, 3.63) is 36.4 Å². The molecule has 2 aliphatic rings. The number of unbranched alkanes of at least 4 members (excludes halogenated alkanes) is 1. The van der Waals surface area contributed by atoms with E-state index in [0.717, 1.165) is 24.9 Å². The molecule has 1 saturated heterocycles. The second-order valence-electron chi connectivity index (χ2n) is 7.12. The number of hydrogen-bond acceptors (Lipinski definition) is 7. The van der Waals surface area contributed by atoms with Crippen molar-refractivity contribution in [2.45, 2.75) is 38.4 Å². The number of aryl methyl sites for hydroxylation is 1. The summed E-state index contributed by atoms with van der Waals surface area (Å²) < 4.78 is 13.6. The molecule has 10 heteroatoms. The lowest BCUT2D eigenvalue weighted by atomic mass is 10.1. The number of aromatic nitrogens is 2. The maximum atomic E-state index is 12.2.